The third kappa shape index (κ3) is 4.05. The highest BCUT2D eigenvalue weighted by molar-refractivity contribution is 6.46. The summed E-state index contributed by atoms with van der Waals surface area (Å²) in [6.45, 7) is 9.51. The molecule has 7 nitrogen and oxygen atoms in total. The summed E-state index contributed by atoms with van der Waals surface area (Å²) < 4.78 is 11.3. The van der Waals surface area contributed by atoms with E-state index in [2.05, 4.69) is 13.8 Å². The molecule has 1 N–H and O–H groups in total. The Hall–Kier alpha value is -3.06. The predicted octanol–water partition coefficient (Wildman–Crippen LogP) is 1.14. The van der Waals surface area contributed by atoms with Crippen molar-refractivity contribution in [2.75, 3.05) is 26.2 Å². The Balaban J connectivity index is 1.68. The van der Waals surface area contributed by atoms with Gasteiger partial charge in [-0.3, -0.25) is 9.59 Å². The van der Waals surface area contributed by atoms with Gasteiger partial charge in [0.15, 0.2) is 0 Å². The minimum atomic E-state index is -0.798. The average Bonchev–Trinajstić information content (AvgIpc) is 3.49. The van der Waals surface area contributed by atoms with Crippen molar-refractivity contribution >= 4 is 17.4 Å². The first-order valence-corrected chi connectivity index (χ1v) is 11.4. The average molecular weight is 439 g/mol. The molecule has 0 aliphatic carbocycles. The third-order valence-corrected chi connectivity index (χ3v) is 6.43. The highest BCUT2D eigenvalue weighted by atomic mass is 16.5. The number of likely N-dealkylation sites (tertiary alicyclic amines) is 1. The van der Waals surface area contributed by atoms with Crippen molar-refractivity contribution in [3.05, 3.63) is 59.1 Å². The van der Waals surface area contributed by atoms with Crippen LogP contribution in [-0.4, -0.2) is 48.9 Å². The van der Waals surface area contributed by atoms with Gasteiger partial charge in [-0.2, -0.15) is 0 Å². The number of hydrogen-bond donors (Lipinski definition) is 1. The number of carbonyl (C=O) groups is 2. The van der Waals surface area contributed by atoms with E-state index < -0.39 is 23.5 Å². The molecule has 2 unspecified atom stereocenters. The maximum Gasteiger partial charge on any atom is 0.295 e. The van der Waals surface area contributed by atoms with Gasteiger partial charge in [0.05, 0.1) is 25.9 Å². The number of Topliss-reactive ketones (excluding diaryl/α,β-unsaturated/α-hetero) is 1. The number of benzene rings is 1. The quantitative estimate of drug-likeness (QED) is 0.380. The van der Waals surface area contributed by atoms with Crippen molar-refractivity contribution in [2.45, 2.75) is 45.8 Å². The Kier molecular flexibility index (Phi) is 6.37. The molecule has 2 aliphatic rings. The van der Waals surface area contributed by atoms with Gasteiger partial charge in [0.1, 0.15) is 23.7 Å². The molecule has 1 aromatic carbocycles. The van der Waals surface area contributed by atoms with E-state index in [1.54, 1.807) is 30.3 Å². The molecule has 1 fully saturated rings. The lowest BCUT2D eigenvalue weighted by molar-refractivity contribution is -0.896. The van der Waals surface area contributed by atoms with Crippen molar-refractivity contribution < 1.29 is 28.7 Å². The molecule has 0 radical (unpaired) electrons. The van der Waals surface area contributed by atoms with Crippen LogP contribution in [0.2, 0.25) is 0 Å². The Morgan fingerprint density at radius 1 is 1.22 bits per heavy atom. The van der Waals surface area contributed by atoms with Crippen molar-refractivity contribution in [2.24, 2.45) is 0 Å². The molecule has 1 amide bonds. The SMILES string of the molecule is CC[NH+](CC)CCCN1C(=O)C(=O)C(=C([O-])c2ccc3c(c2)CC(C)O3)C1c1ccco1. The molecule has 0 bridgehead atoms. The number of hydrogen-bond acceptors (Lipinski definition) is 5. The third-order valence-electron chi connectivity index (χ3n) is 6.43. The van der Waals surface area contributed by atoms with E-state index in [9.17, 15) is 14.7 Å². The highest BCUT2D eigenvalue weighted by Gasteiger charge is 2.45. The van der Waals surface area contributed by atoms with Crippen molar-refractivity contribution in [1.29, 1.82) is 0 Å². The minimum absolute atomic E-state index is 0.0351. The van der Waals surface area contributed by atoms with E-state index in [0.29, 0.717) is 24.3 Å². The second kappa shape index (κ2) is 9.20. The molecular weight excluding hydrogens is 408 g/mol. The fourth-order valence-electron chi connectivity index (χ4n) is 4.67. The number of amides is 1. The molecular formula is C25H30N2O5. The van der Waals surface area contributed by atoms with Gasteiger partial charge in [-0.15, -0.1) is 0 Å². The lowest BCUT2D eigenvalue weighted by atomic mass is 9.97. The number of carbonyl (C=O) groups excluding carboxylic acids is 2. The van der Waals surface area contributed by atoms with Crippen molar-refractivity contribution in [3.8, 4) is 5.75 Å². The number of quaternary nitrogens is 1. The van der Waals surface area contributed by atoms with Gasteiger partial charge in [0.25, 0.3) is 5.91 Å². The van der Waals surface area contributed by atoms with E-state index in [1.807, 2.05) is 6.92 Å². The molecule has 32 heavy (non-hydrogen) atoms. The zero-order chi connectivity index (χ0) is 22.8. The van der Waals surface area contributed by atoms with Crippen LogP contribution in [0.15, 0.2) is 46.6 Å². The van der Waals surface area contributed by atoms with Crippen LogP contribution in [0.3, 0.4) is 0 Å². The number of rotatable bonds is 8. The Morgan fingerprint density at radius 3 is 2.69 bits per heavy atom. The van der Waals surface area contributed by atoms with Crippen LogP contribution < -0.4 is 14.7 Å². The number of ketones is 1. The fraction of sp³-hybridized carbons (Fsp3) is 0.440. The lowest BCUT2D eigenvalue weighted by Gasteiger charge is -2.26. The first-order chi connectivity index (χ1) is 15.4. The first kappa shape index (κ1) is 22.1. The summed E-state index contributed by atoms with van der Waals surface area (Å²) in [4.78, 5) is 28.9. The molecule has 7 heteroatoms. The summed E-state index contributed by atoms with van der Waals surface area (Å²) >= 11 is 0. The van der Waals surface area contributed by atoms with Crippen molar-refractivity contribution in [1.82, 2.24) is 4.90 Å². The molecule has 170 valence electrons. The molecule has 4 rings (SSSR count). The second-order valence-corrected chi connectivity index (χ2v) is 8.50. The number of nitrogens with one attached hydrogen (secondary N) is 1. The van der Waals surface area contributed by atoms with E-state index >= 15 is 0 Å². The molecule has 3 heterocycles. The Bertz CT molecular complexity index is 1020. The molecule has 2 atom stereocenters. The van der Waals surface area contributed by atoms with Gasteiger partial charge >= 0.3 is 0 Å². The van der Waals surface area contributed by atoms with Crippen LogP contribution in [0.4, 0.5) is 0 Å². The van der Waals surface area contributed by atoms with Crippen LogP contribution in [0.5, 0.6) is 5.75 Å². The summed E-state index contributed by atoms with van der Waals surface area (Å²) in [5, 5.41) is 13.5. The largest absolute Gasteiger partial charge is 0.872 e. The fourth-order valence-corrected chi connectivity index (χ4v) is 4.67. The minimum Gasteiger partial charge on any atom is -0.872 e. The molecule has 1 saturated heterocycles. The smallest absolute Gasteiger partial charge is 0.295 e. The lowest BCUT2D eigenvalue weighted by Crippen LogP contribution is -3.11. The number of furan rings is 1. The van der Waals surface area contributed by atoms with Gasteiger partial charge in [-0.05, 0) is 56.2 Å². The van der Waals surface area contributed by atoms with Crippen LogP contribution in [0.25, 0.3) is 5.76 Å². The molecule has 0 spiro atoms. The zero-order valence-corrected chi connectivity index (χ0v) is 18.8. The predicted molar refractivity (Wildman–Crippen MR) is 117 cm³/mol. The second-order valence-electron chi connectivity index (χ2n) is 8.50. The van der Waals surface area contributed by atoms with E-state index in [0.717, 1.165) is 37.4 Å². The van der Waals surface area contributed by atoms with E-state index in [-0.39, 0.29) is 11.7 Å². The van der Waals surface area contributed by atoms with Gasteiger partial charge in [-0.1, -0.05) is 11.8 Å². The number of ether oxygens (including phenoxy) is 1. The van der Waals surface area contributed by atoms with Crippen LogP contribution in [0.1, 0.15) is 50.1 Å². The normalized spacial score (nSPS) is 21.9. The molecule has 2 aromatic rings. The van der Waals surface area contributed by atoms with E-state index in [1.165, 1.54) is 16.1 Å². The van der Waals surface area contributed by atoms with Crippen LogP contribution in [-0.2, 0) is 16.0 Å². The summed E-state index contributed by atoms with van der Waals surface area (Å²) in [6.07, 6.45) is 3.00. The Morgan fingerprint density at radius 2 is 2.00 bits per heavy atom. The summed E-state index contributed by atoms with van der Waals surface area (Å²) in [6, 6.07) is 7.82. The highest BCUT2D eigenvalue weighted by Crippen LogP contribution is 2.39. The molecule has 0 saturated carbocycles. The Labute approximate surface area is 188 Å². The van der Waals surface area contributed by atoms with Crippen LogP contribution in [0, 0.1) is 0 Å². The maximum absolute atomic E-state index is 13.5. The molecule has 1 aromatic heterocycles. The van der Waals surface area contributed by atoms with Gasteiger partial charge < -0.3 is 24.1 Å². The number of fused-ring (bicyclic) bond motifs is 1. The van der Waals surface area contributed by atoms with E-state index in [4.69, 9.17) is 9.15 Å². The van der Waals surface area contributed by atoms with Crippen molar-refractivity contribution in [3.63, 3.8) is 0 Å². The first-order valence-electron chi connectivity index (χ1n) is 11.4. The standard InChI is InChI=1S/C25H30N2O5/c1-4-26(5-2)11-7-12-27-22(20-8-6-13-31-20)21(24(29)25(27)30)23(28)17-9-10-19-18(15-17)14-16(3)32-19/h6,8-10,13,15-16,22,28H,4-5,7,11-12,14H2,1-3H3. The summed E-state index contributed by atoms with van der Waals surface area (Å²) in [5.41, 5.74) is 1.30. The monoisotopic (exact) mass is 438 g/mol. The number of nitrogens with zero attached hydrogens (tertiary/aromatic N) is 1. The zero-order valence-electron chi connectivity index (χ0n) is 18.8. The van der Waals surface area contributed by atoms with Gasteiger partial charge in [0, 0.05) is 25.0 Å². The summed E-state index contributed by atoms with van der Waals surface area (Å²) in [5.74, 6) is -0.611. The van der Waals surface area contributed by atoms with Crippen LogP contribution >= 0.6 is 0 Å². The molecule has 2 aliphatic heterocycles. The summed E-state index contributed by atoms with van der Waals surface area (Å²) in [7, 11) is 0. The van der Waals surface area contributed by atoms with Gasteiger partial charge in [0.2, 0.25) is 5.78 Å². The topological polar surface area (TPSA) is 87.2 Å². The maximum atomic E-state index is 13.5. The van der Waals surface area contributed by atoms with Gasteiger partial charge in [-0.25, -0.2) is 0 Å².